The third-order valence-corrected chi connectivity index (χ3v) is 5.41. The maximum Gasteiger partial charge on any atom is 0.151 e. The van der Waals surface area contributed by atoms with Gasteiger partial charge in [0.1, 0.15) is 0 Å². The molecule has 1 aromatic carbocycles. The molecule has 1 heterocycles. The van der Waals surface area contributed by atoms with E-state index in [4.69, 9.17) is 0 Å². The average Bonchev–Trinajstić information content (AvgIpc) is 2.77. The summed E-state index contributed by atoms with van der Waals surface area (Å²) in [7, 11) is -0.971. The summed E-state index contributed by atoms with van der Waals surface area (Å²) in [6.07, 6.45) is 0.672. The lowest BCUT2D eigenvalue weighted by Crippen LogP contribution is -2.35. The van der Waals surface area contributed by atoms with E-state index < -0.39 is 9.84 Å². The first kappa shape index (κ1) is 14.0. The highest BCUT2D eigenvalue weighted by Gasteiger charge is 2.31. The zero-order chi connectivity index (χ0) is 13.9. The summed E-state index contributed by atoms with van der Waals surface area (Å²) in [6, 6.07) is 12.0. The van der Waals surface area contributed by atoms with E-state index in [0.29, 0.717) is 13.0 Å². The summed E-state index contributed by atoms with van der Waals surface area (Å²) < 4.78 is 23.0. The highest BCUT2D eigenvalue weighted by Crippen LogP contribution is 2.21. The summed E-state index contributed by atoms with van der Waals surface area (Å²) in [4.78, 5) is 2.01. The van der Waals surface area contributed by atoms with Gasteiger partial charge in [0.05, 0.1) is 23.5 Å². The molecule has 0 radical (unpaired) electrons. The van der Waals surface area contributed by atoms with Crippen molar-refractivity contribution >= 4 is 9.84 Å². The standard InChI is InChI=1S/C14H18N2O2S/c1-16(14-7-8-19(17,18)11-14)10-13(9-15)12-5-3-2-4-6-12/h2-6,13-14H,7-8,10-11H2,1H3. The molecule has 0 aliphatic carbocycles. The Bertz CT molecular complexity index is 563. The van der Waals surface area contributed by atoms with E-state index in [0.717, 1.165) is 5.56 Å². The Kier molecular flexibility index (Phi) is 4.23. The molecule has 0 spiro atoms. The molecule has 2 atom stereocenters. The minimum Gasteiger partial charge on any atom is -0.301 e. The quantitative estimate of drug-likeness (QED) is 0.835. The first-order valence-corrected chi connectivity index (χ1v) is 8.19. The number of hydrogen-bond donors (Lipinski definition) is 0. The topological polar surface area (TPSA) is 61.2 Å². The van der Waals surface area contributed by atoms with E-state index in [1.807, 2.05) is 42.3 Å². The largest absolute Gasteiger partial charge is 0.301 e. The summed E-state index contributed by atoms with van der Waals surface area (Å²) in [6.45, 7) is 0.570. The number of benzene rings is 1. The van der Waals surface area contributed by atoms with E-state index in [2.05, 4.69) is 6.07 Å². The van der Waals surface area contributed by atoms with Crippen molar-refractivity contribution in [3.8, 4) is 6.07 Å². The van der Waals surface area contributed by atoms with Gasteiger partial charge in [0.15, 0.2) is 9.84 Å². The van der Waals surface area contributed by atoms with Crippen LogP contribution in [0.5, 0.6) is 0 Å². The summed E-state index contributed by atoms with van der Waals surface area (Å²) >= 11 is 0. The number of likely N-dealkylation sites (N-methyl/N-ethyl adjacent to an activating group) is 1. The first-order chi connectivity index (χ1) is 9.02. The smallest absolute Gasteiger partial charge is 0.151 e. The molecule has 0 saturated carbocycles. The number of rotatable bonds is 4. The lowest BCUT2D eigenvalue weighted by molar-refractivity contribution is 0.257. The molecule has 1 aliphatic rings. The number of nitriles is 1. The SMILES string of the molecule is CN(CC(C#N)c1ccccc1)C1CCS(=O)(=O)C1. The minimum absolute atomic E-state index is 0.0459. The zero-order valence-electron chi connectivity index (χ0n) is 11.0. The molecule has 5 heteroatoms. The van der Waals surface area contributed by atoms with Crippen LogP contribution >= 0.6 is 0 Å². The highest BCUT2D eigenvalue weighted by atomic mass is 32.2. The Morgan fingerprint density at radius 2 is 2.11 bits per heavy atom. The molecule has 1 aliphatic heterocycles. The molecule has 0 amide bonds. The third-order valence-electron chi connectivity index (χ3n) is 3.66. The zero-order valence-corrected chi connectivity index (χ0v) is 11.8. The van der Waals surface area contributed by atoms with Gasteiger partial charge in [0.2, 0.25) is 0 Å². The van der Waals surface area contributed by atoms with Gasteiger partial charge in [-0.15, -0.1) is 0 Å². The highest BCUT2D eigenvalue weighted by molar-refractivity contribution is 7.91. The van der Waals surface area contributed by atoms with Gasteiger partial charge < -0.3 is 4.90 Å². The predicted octanol–water partition coefficient (Wildman–Crippen LogP) is 1.41. The van der Waals surface area contributed by atoms with Gasteiger partial charge in [-0.3, -0.25) is 0 Å². The van der Waals surface area contributed by atoms with Crippen LogP contribution in [0, 0.1) is 11.3 Å². The fourth-order valence-corrected chi connectivity index (χ4v) is 4.27. The Hall–Kier alpha value is -1.38. The van der Waals surface area contributed by atoms with Crippen molar-refractivity contribution in [3.05, 3.63) is 35.9 Å². The molecule has 0 aromatic heterocycles. The van der Waals surface area contributed by atoms with Crippen LogP contribution in [0.1, 0.15) is 17.9 Å². The van der Waals surface area contributed by atoms with Crippen molar-refractivity contribution in [1.29, 1.82) is 5.26 Å². The second-order valence-corrected chi connectivity index (χ2v) is 7.32. The van der Waals surface area contributed by atoms with Crippen molar-refractivity contribution in [2.24, 2.45) is 0 Å². The van der Waals surface area contributed by atoms with E-state index in [9.17, 15) is 13.7 Å². The van der Waals surface area contributed by atoms with Crippen molar-refractivity contribution in [2.45, 2.75) is 18.4 Å². The number of hydrogen-bond acceptors (Lipinski definition) is 4. The maximum absolute atomic E-state index is 11.5. The van der Waals surface area contributed by atoms with E-state index in [1.165, 1.54) is 0 Å². The average molecular weight is 278 g/mol. The van der Waals surface area contributed by atoms with Crippen LogP contribution in [0.2, 0.25) is 0 Å². The van der Waals surface area contributed by atoms with Gasteiger partial charge in [-0.1, -0.05) is 30.3 Å². The fourth-order valence-electron chi connectivity index (χ4n) is 2.47. The first-order valence-electron chi connectivity index (χ1n) is 6.37. The molecule has 0 bridgehead atoms. The lowest BCUT2D eigenvalue weighted by atomic mass is 9.99. The van der Waals surface area contributed by atoms with Gasteiger partial charge >= 0.3 is 0 Å². The predicted molar refractivity (Wildman–Crippen MR) is 74.5 cm³/mol. The van der Waals surface area contributed by atoms with Gasteiger partial charge in [0, 0.05) is 12.6 Å². The van der Waals surface area contributed by atoms with Gasteiger partial charge in [-0.05, 0) is 19.0 Å². The molecule has 4 nitrogen and oxygen atoms in total. The molecular formula is C14H18N2O2S. The van der Waals surface area contributed by atoms with E-state index in [-0.39, 0.29) is 23.5 Å². The molecule has 19 heavy (non-hydrogen) atoms. The van der Waals surface area contributed by atoms with Crippen LogP contribution < -0.4 is 0 Å². The molecular weight excluding hydrogens is 260 g/mol. The molecule has 1 fully saturated rings. The van der Waals surface area contributed by atoms with Crippen molar-refractivity contribution < 1.29 is 8.42 Å². The van der Waals surface area contributed by atoms with Crippen molar-refractivity contribution in [2.75, 3.05) is 25.1 Å². The summed E-state index contributed by atoms with van der Waals surface area (Å²) in [5, 5.41) is 9.28. The number of nitrogens with zero attached hydrogens (tertiary/aromatic N) is 2. The molecule has 2 unspecified atom stereocenters. The van der Waals surface area contributed by atoms with Gasteiger partial charge in [-0.2, -0.15) is 5.26 Å². The number of sulfone groups is 1. The normalized spacial score (nSPS) is 23.1. The van der Waals surface area contributed by atoms with Gasteiger partial charge in [-0.25, -0.2) is 8.42 Å². The monoisotopic (exact) mass is 278 g/mol. The second kappa shape index (κ2) is 5.72. The van der Waals surface area contributed by atoms with E-state index in [1.54, 1.807) is 0 Å². The third kappa shape index (κ3) is 3.55. The maximum atomic E-state index is 11.5. The van der Waals surface area contributed by atoms with Crippen molar-refractivity contribution in [3.63, 3.8) is 0 Å². The summed E-state index contributed by atoms with van der Waals surface area (Å²) in [5.41, 5.74) is 0.984. The van der Waals surface area contributed by atoms with Crippen LogP contribution in [0.3, 0.4) is 0 Å². The van der Waals surface area contributed by atoms with Crippen LogP contribution in [-0.2, 0) is 9.84 Å². The summed E-state index contributed by atoms with van der Waals surface area (Å²) in [5.74, 6) is 0.274. The molecule has 102 valence electrons. The Morgan fingerprint density at radius 3 is 2.63 bits per heavy atom. The fraction of sp³-hybridized carbons (Fsp3) is 0.500. The van der Waals surface area contributed by atoms with Gasteiger partial charge in [0.25, 0.3) is 0 Å². The molecule has 0 N–H and O–H groups in total. The van der Waals surface area contributed by atoms with Crippen molar-refractivity contribution in [1.82, 2.24) is 4.90 Å². The molecule has 2 rings (SSSR count). The molecule has 1 aromatic rings. The second-order valence-electron chi connectivity index (χ2n) is 5.09. The van der Waals surface area contributed by atoms with Crippen LogP contribution in [0.15, 0.2) is 30.3 Å². The van der Waals surface area contributed by atoms with Crippen LogP contribution in [0.4, 0.5) is 0 Å². The Morgan fingerprint density at radius 1 is 1.42 bits per heavy atom. The van der Waals surface area contributed by atoms with E-state index >= 15 is 0 Å². The molecule has 1 saturated heterocycles. The lowest BCUT2D eigenvalue weighted by Gasteiger charge is -2.25. The van der Waals surface area contributed by atoms with Crippen LogP contribution in [-0.4, -0.2) is 44.5 Å². The van der Waals surface area contributed by atoms with Crippen LogP contribution in [0.25, 0.3) is 0 Å². The Labute approximate surface area is 114 Å². The minimum atomic E-state index is -2.87. The Balaban J connectivity index is 2.02.